The molecule has 596 valence electrons. The van der Waals surface area contributed by atoms with Crippen molar-refractivity contribution in [2.24, 2.45) is 5.92 Å². The van der Waals surface area contributed by atoms with Crippen molar-refractivity contribution in [3.63, 3.8) is 0 Å². The molecule has 0 aliphatic rings. The van der Waals surface area contributed by atoms with Gasteiger partial charge < -0.3 is 33.8 Å². The minimum Gasteiger partial charge on any atom is -0.462 e. The highest BCUT2D eigenvalue weighted by Gasteiger charge is 2.30. The van der Waals surface area contributed by atoms with E-state index in [1.54, 1.807) is 0 Å². The SMILES string of the molecule is CCCCCC/C=C\C=C/CCCCCCCC(=O)OC[C@H](COP(=O)(O)OC[C@@H](O)COP(=O)(O)OC[C@@H](COC(=O)CCCCCCCCCCCCCC)OC(=O)CCCCCCCCCCCCCC(C)C)OC(=O)CCCCCCCCCCCCCCCCCCCCCC. The number of rotatable bonds is 80. The number of phosphoric acid groups is 2. The number of aliphatic hydroxyl groups excluding tert-OH is 1. The van der Waals surface area contributed by atoms with E-state index in [0.717, 1.165) is 115 Å². The number of hydrogen-bond donors (Lipinski definition) is 3. The van der Waals surface area contributed by atoms with Crippen LogP contribution in [0.5, 0.6) is 0 Å². The van der Waals surface area contributed by atoms with Crippen LogP contribution < -0.4 is 0 Å². The van der Waals surface area contributed by atoms with Crippen molar-refractivity contribution in [3.8, 4) is 0 Å². The second kappa shape index (κ2) is 74.4. The molecule has 0 aromatic heterocycles. The zero-order valence-electron chi connectivity index (χ0n) is 65.5. The van der Waals surface area contributed by atoms with Gasteiger partial charge in [0.15, 0.2) is 12.2 Å². The van der Waals surface area contributed by atoms with Gasteiger partial charge in [-0.25, -0.2) is 9.13 Å². The van der Waals surface area contributed by atoms with Gasteiger partial charge in [0.1, 0.15) is 19.3 Å². The molecule has 0 fully saturated rings. The molecule has 0 saturated heterocycles. The molecular formula is C82H156O17P2. The summed E-state index contributed by atoms with van der Waals surface area (Å²) in [6.45, 7) is 7.27. The summed E-state index contributed by atoms with van der Waals surface area (Å²) < 4.78 is 68.7. The second-order valence-electron chi connectivity index (χ2n) is 29.3. The molecule has 0 spiro atoms. The highest BCUT2D eigenvalue weighted by atomic mass is 31.2. The fourth-order valence-electron chi connectivity index (χ4n) is 12.2. The average molecular weight is 1480 g/mol. The van der Waals surface area contributed by atoms with Gasteiger partial charge in [0.25, 0.3) is 0 Å². The maximum Gasteiger partial charge on any atom is 0.472 e. The smallest absolute Gasteiger partial charge is 0.462 e. The van der Waals surface area contributed by atoms with Crippen LogP contribution in [-0.4, -0.2) is 96.7 Å². The van der Waals surface area contributed by atoms with Crippen molar-refractivity contribution in [3.05, 3.63) is 24.3 Å². The normalized spacial score (nSPS) is 14.0. The Hall–Kier alpha value is -2.46. The van der Waals surface area contributed by atoms with E-state index in [4.69, 9.17) is 37.0 Å². The highest BCUT2D eigenvalue weighted by molar-refractivity contribution is 7.47. The molecule has 5 atom stereocenters. The summed E-state index contributed by atoms with van der Waals surface area (Å²) in [5.74, 6) is -1.37. The number of phosphoric ester groups is 2. The largest absolute Gasteiger partial charge is 0.472 e. The van der Waals surface area contributed by atoms with Crippen molar-refractivity contribution in [1.29, 1.82) is 0 Å². The molecule has 17 nitrogen and oxygen atoms in total. The van der Waals surface area contributed by atoms with E-state index < -0.39 is 97.5 Å². The van der Waals surface area contributed by atoms with Crippen LogP contribution in [0.25, 0.3) is 0 Å². The fourth-order valence-corrected chi connectivity index (χ4v) is 13.8. The number of allylic oxidation sites excluding steroid dienone is 4. The molecule has 19 heteroatoms. The van der Waals surface area contributed by atoms with Crippen LogP contribution in [0, 0.1) is 5.92 Å². The first-order chi connectivity index (χ1) is 49.0. The molecular weight excluding hydrogens is 1320 g/mol. The lowest BCUT2D eigenvalue weighted by Gasteiger charge is -2.21. The lowest BCUT2D eigenvalue weighted by Crippen LogP contribution is -2.30. The maximum absolute atomic E-state index is 13.1. The quantitative estimate of drug-likeness (QED) is 0.0169. The van der Waals surface area contributed by atoms with E-state index in [1.807, 2.05) is 0 Å². The molecule has 0 amide bonds. The predicted octanol–water partition coefficient (Wildman–Crippen LogP) is 24.4. The molecule has 3 N–H and O–H groups in total. The molecule has 2 unspecified atom stereocenters. The monoisotopic (exact) mass is 1480 g/mol. The average Bonchev–Trinajstić information content (AvgIpc) is 0.922. The molecule has 0 heterocycles. The first kappa shape index (κ1) is 98.5. The van der Waals surface area contributed by atoms with Crippen LogP contribution >= 0.6 is 15.6 Å². The summed E-state index contributed by atoms with van der Waals surface area (Å²) in [6.07, 6.45) is 68.7. The molecule has 0 saturated carbocycles. The molecule has 0 aromatic rings. The Morgan fingerprint density at radius 1 is 0.307 bits per heavy atom. The van der Waals surface area contributed by atoms with E-state index in [9.17, 15) is 43.2 Å². The van der Waals surface area contributed by atoms with E-state index in [0.29, 0.717) is 25.7 Å². The van der Waals surface area contributed by atoms with Crippen LogP contribution in [0.2, 0.25) is 0 Å². The summed E-state index contributed by atoms with van der Waals surface area (Å²) in [4.78, 5) is 73.0. The molecule has 0 bridgehead atoms. The molecule has 101 heavy (non-hydrogen) atoms. The number of esters is 4. The number of carbonyl (C=O) groups excluding carboxylic acids is 4. The van der Waals surface area contributed by atoms with Crippen molar-refractivity contribution >= 4 is 39.5 Å². The van der Waals surface area contributed by atoms with Crippen molar-refractivity contribution < 1.29 is 80.2 Å². The Morgan fingerprint density at radius 2 is 0.535 bits per heavy atom. The fraction of sp³-hybridized carbons (Fsp3) is 0.902. The maximum atomic E-state index is 13.1. The Bertz CT molecular complexity index is 2020. The number of ether oxygens (including phenoxy) is 4. The van der Waals surface area contributed by atoms with E-state index in [1.165, 1.54) is 218 Å². The Balaban J connectivity index is 5.28. The molecule has 0 aliphatic heterocycles. The number of aliphatic hydroxyl groups is 1. The predicted molar refractivity (Wildman–Crippen MR) is 414 cm³/mol. The molecule has 0 rings (SSSR count). The lowest BCUT2D eigenvalue weighted by atomic mass is 10.0. The van der Waals surface area contributed by atoms with Crippen LogP contribution in [0.3, 0.4) is 0 Å². The minimum atomic E-state index is -4.97. The van der Waals surface area contributed by atoms with Crippen LogP contribution in [0.15, 0.2) is 24.3 Å². The number of carbonyl (C=O) groups is 4. The lowest BCUT2D eigenvalue weighted by molar-refractivity contribution is -0.161. The van der Waals surface area contributed by atoms with Gasteiger partial charge in [-0.1, -0.05) is 361 Å². The molecule has 0 aromatic carbocycles. The summed E-state index contributed by atoms with van der Waals surface area (Å²) in [7, 11) is -9.93. The van der Waals surface area contributed by atoms with Crippen LogP contribution in [-0.2, 0) is 65.4 Å². The van der Waals surface area contributed by atoms with Gasteiger partial charge >= 0.3 is 39.5 Å². The van der Waals surface area contributed by atoms with Gasteiger partial charge in [-0.3, -0.25) is 37.3 Å². The summed E-state index contributed by atoms with van der Waals surface area (Å²) in [5, 5.41) is 10.6. The summed E-state index contributed by atoms with van der Waals surface area (Å²) >= 11 is 0. The van der Waals surface area contributed by atoms with Crippen molar-refractivity contribution in [1.82, 2.24) is 0 Å². The zero-order valence-corrected chi connectivity index (χ0v) is 67.3. The number of hydrogen-bond acceptors (Lipinski definition) is 15. The Morgan fingerprint density at radius 3 is 0.812 bits per heavy atom. The summed E-state index contributed by atoms with van der Waals surface area (Å²) in [5.41, 5.74) is 0. The van der Waals surface area contributed by atoms with Gasteiger partial charge in [0.05, 0.1) is 26.4 Å². The first-order valence-corrected chi connectivity index (χ1v) is 44.9. The van der Waals surface area contributed by atoms with Gasteiger partial charge in [0, 0.05) is 25.7 Å². The Kier molecular flexibility index (Phi) is 72.6. The van der Waals surface area contributed by atoms with Crippen molar-refractivity contribution in [2.45, 2.75) is 432 Å². The van der Waals surface area contributed by atoms with E-state index in [-0.39, 0.29) is 25.7 Å². The third-order valence-electron chi connectivity index (χ3n) is 18.7. The third kappa shape index (κ3) is 75.6. The van der Waals surface area contributed by atoms with Gasteiger partial charge in [-0.2, -0.15) is 0 Å². The van der Waals surface area contributed by atoms with Crippen molar-refractivity contribution in [2.75, 3.05) is 39.6 Å². The Labute approximate surface area is 618 Å². The third-order valence-corrected chi connectivity index (χ3v) is 20.6. The van der Waals surface area contributed by atoms with Gasteiger partial charge in [-0.05, 0) is 57.3 Å². The summed E-state index contributed by atoms with van der Waals surface area (Å²) in [6, 6.07) is 0. The highest BCUT2D eigenvalue weighted by Crippen LogP contribution is 2.45. The van der Waals surface area contributed by atoms with Crippen LogP contribution in [0.1, 0.15) is 413 Å². The van der Waals surface area contributed by atoms with Gasteiger partial charge in [0.2, 0.25) is 0 Å². The number of unbranched alkanes of at least 4 members (excludes halogenated alkanes) is 49. The van der Waals surface area contributed by atoms with E-state index >= 15 is 0 Å². The topological polar surface area (TPSA) is 237 Å². The molecule has 0 aliphatic carbocycles. The van der Waals surface area contributed by atoms with E-state index in [2.05, 4.69) is 58.9 Å². The van der Waals surface area contributed by atoms with Crippen LogP contribution in [0.4, 0.5) is 0 Å². The minimum absolute atomic E-state index is 0.102. The van der Waals surface area contributed by atoms with Gasteiger partial charge in [-0.15, -0.1) is 0 Å². The first-order valence-electron chi connectivity index (χ1n) is 42.0. The second-order valence-corrected chi connectivity index (χ2v) is 32.2. The molecule has 0 radical (unpaired) electrons. The standard InChI is InChI=1S/C82H156O17P2/c1-6-9-12-15-18-21-24-27-29-30-31-32-33-35-37-42-47-52-57-62-67-81(86)98-77(72-93-80(85)66-61-56-51-46-41-36-34-28-25-22-19-16-13-10-7-2)73-96-100(88,89)94-69-76(83)70-95-101(90,91)97-74-78(71-92-79(84)65-60-55-50-45-40-26-23-20-17-14-11-8-3)99-82(87)68-63-58-53-48-43-38-39-44-49-54-59-64-75(4)5/h22,25,28,34,75-78,83H,6-21,23-24,26-27,29-33,35-74H2,1-5H3,(H,88,89)(H,90,91)/b25-22-,34-28-/t76-,77-,78-/m1/s1. The zero-order chi connectivity index (χ0) is 74.1.